The van der Waals surface area contributed by atoms with E-state index in [0.29, 0.717) is 10.8 Å². The monoisotopic (exact) mass is 327 g/mol. The predicted octanol–water partition coefficient (Wildman–Crippen LogP) is 3.96. The van der Waals surface area contributed by atoms with Crippen LogP contribution in [-0.2, 0) is 6.42 Å². The number of benzene rings is 2. The van der Waals surface area contributed by atoms with Gasteiger partial charge >= 0.3 is 0 Å². The highest BCUT2D eigenvalue weighted by atomic mass is 32.1. The minimum Gasteiger partial charge on any atom is -0.356 e. The van der Waals surface area contributed by atoms with Crippen molar-refractivity contribution in [3.05, 3.63) is 69.8 Å². The SMILES string of the molecule is O=[N+]([O-])c1cccc(NC(=S)NC2CCCc3ccccc32)c1. The van der Waals surface area contributed by atoms with E-state index in [0.717, 1.165) is 19.3 Å². The van der Waals surface area contributed by atoms with Gasteiger partial charge in [0.1, 0.15) is 0 Å². The number of hydrogen-bond donors (Lipinski definition) is 2. The van der Waals surface area contributed by atoms with Crippen molar-refractivity contribution in [3.63, 3.8) is 0 Å². The zero-order valence-corrected chi connectivity index (χ0v) is 13.3. The van der Waals surface area contributed by atoms with Crippen LogP contribution in [0.5, 0.6) is 0 Å². The largest absolute Gasteiger partial charge is 0.356 e. The quantitative estimate of drug-likeness (QED) is 0.507. The molecule has 2 aromatic carbocycles. The van der Waals surface area contributed by atoms with E-state index in [1.807, 2.05) is 6.07 Å². The second-order valence-electron chi connectivity index (χ2n) is 5.55. The summed E-state index contributed by atoms with van der Waals surface area (Å²) >= 11 is 5.36. The molecule has 1 aliphatic rings. The van der Waals surface area contributed by atoms with E-state index in [1.54, 1.807) is 12.1 Å². The molecule has 1 aliphatic carbocycles. The Morgan fingerprint density at radius 3 is 2.87 bits per heavy atom. The third-order valence-electron chi connectivity index (χ3n) is 3.99. The molecule has 0 spiro atoms. The van der Waals surface area contributed by atoms with Crippen LogP contribution in [0.15, 0.2) is 48.5 Å². The zero-order valence-electron chi connectivity index (χ0n) is 12.5. The number of non-ortho nitro benzene ring substituents is 1. The smallest absolute Gasteiger partial charge is 0.271 e. The highest BCUT2D eigenvalue weighted by Crippen LogP contribution is 2.29. The number of nitrogens with zero attached hydrogens (tertiary/aromatic N) is 1. The molecule has 0 radical (unpaired) electrons. The normalized spacial score (nSPS) is 16.3. The lowest BCUT2D eigenvalue weighted by molar-refractivity contribution is -0.384. The molecule has 0 amide bonds. The van der Waals surface area contributed by atoms with Crippen molar-refractivity contribution >= 4 is 28.7 Å². The number of anilines is 1. The average molecular weight is 327 g/mol. The van der Waals surface area contributed by atoms with E-state index in [9.17, 15) is 10.1 Å². The molecule has 2 N–H and O–H groups in total. The Bertz CT molecular complexity index is 748. The molecular formula is C17H17N3O2S. The molecule has 2 aromatic rings. The number of thiocarbonyl (C=S) groups is 1. The second kappa shape index (κ2) is 6.75. The summed E-state index contributed by atoms with van der Waals surface area (Å²) in [7, 11) is 0. The van der Waals surface area contributed by atoms with Crippen LogP contribution in [0.4, 0.5) is 11.4 Å². The Balaban J connectivity index is 1.69. The first-order chi connectivity index (χ1) is 11.1. The molecule has 1 unspecified atom stereocenters. The number of rotatable bonds is 3. The zero-order chi connectivity index (χ0) is 16.2. The molecule has 5 nitrogen and oxygen atoms in total. The van der Waals surface area contributed by atoms with Gasteiger partial charge in [0, 0.05) is 17.8 Å². The van der Waals surface area contributed by atoms with E-state index in [-0.39, 0.29) is 11.7 Å². The fraction of sp³-hybridized carbons (Fsp3) is 0.235. The predicted molar refractivity (Wildman–Crippen MR) is 94.6 cm³/mol. The van der Waals surface area contributed by atoms with Crippen molar-refractivity contribution in [1.29, 1.82) is 0 Å². The van der Waals surface area contributed by atoms with Gasteiger partial charge in [-0.1, -0.05) is 30.3 Å². The highest BCUT2D eigenvalue weighted by Gasteiger charge is 2.20. The van der Waals surface area contributed by atoms with Crippen LogP contribution in [-0.4, -0.2) is 10.0 Å². The molecule has 0 fully saturated rings. The van der Waals surface area contributed by atoms with Gasteiger partial charge in [-0.2, -0.15) is 0 Å². The summed E-state index contributed by atoms with van der Waals surface area (Å²) < 4.78 is 0. The lowest BCUT2D eigenvalue weighted by Crippen LogP contribution is -2.34. The lowest BCUT2D eigenvalue weighted by Gasteiger charge is -2.27. The average Bonchev–Trinajstić information content (AvgIpc) is 2.55. The summed E-state index contributed by atoms with van der Waals surface area (Å²) in [6.45, 7) is 0. The van der Waals surface area contributed by atoms with E-state index in [2.05, 4.69) is 28.8 Å². The molecule has 0 saturated heterocycles. The number of aryl methyl sites for hydroxylation is 1. The molecule has 0 aliphatic heterocycles. The van der Waals surface area contributed by atoms with Crippen molar-refractivity contribution in [2.75, 3.05) is 5.32 Å². The van der Waals surface area contributed by atoms with Gasteiger partial charge in [-0.15, -0.1) is 0 Å². The third-order valence-corrected chi connectivity index (χ3v) is 4.21. The van der Waals surface area contributed by atoms with Crippen molar-refractivity contribution in [1.82, 2.24) is 5.32 Å². The maximum absolute atomic E-state index is 10.8. The lowest BCUT2D eigenvalue weighted by atomic mass is 9.88. The van der Waals surface area contributed by atoms with Crippen LogP contribution >= 0.6 is 12.2 Å². The maximum atomic E-state index is 10.8. The molecular weight excluding hydrogens is 310 g/mol. The Morgan fingerprint density at radius 2 is 2.04 bits per heavy atom. The van der Waals surface area contributed by atoms with Gasteiger partial charge in [0.2, 0.25) is 0 Å². The first-order valence-electron chi connectivity index (χ1n) is 7.53. The van der Waals surface area contributed by atoms with Crippen molar-refractivity contribution < 1.29 is 4.92 Å². The molecule has 23 heavy (non-hydrogen) atoms. The third kappa shape index (κ3) is 3.65. The first-order valence-corrected chi connectivity index (χ1v) is 7.94. The number of fused-ring (bicyclic) bond motifs is 1. The summed E-state index contributed by atoms with van der Waals surface area (Å²) in [5, 5.41) is 17.7. The summed E-state index contributed by atoms with van der Waals surface area (Å²) in [5.74, 6) is 0. The topological polar surface area (TPSA) is 67.2 Å². The number of hydrogen-bond acceptors (Lipinski definition) is 3. The van der Waals surface area contributed by atoms with Gasteiger partial charge in [0.15, 0.2) is 5.11 Å². The summed E-state index contributed by atoms with van der Waals surface area (Å²) in [6.07, 6.45) is 3.24. The minimum atomic E-state index is -0.418. The van der Waals surface area contributed by atoms with Crippen molar-refractivity contribution in [2.45, 2.75) is 25.3 Å². The van der Waals surface area contributed by atoms with Crippen LogP contribution in [0, 0.1) is 10.1 Å². The summed E-state index contributed by atoms with van der Waals surface area (Å²) in [6, 6.07) is 14.9. The molecule has 0 bridgehead atoms. The van der Waals surface area contributed by atoms with E-state index in [4.69, 9.17) is 12.2 Å². The van der Waals surface area contributed by atoms with Crippen LogP contribution in [0.3, 0.4) is 0 Å². The molecule has 6 heteroatoms. The molecule has 0 aromatic heterocycles. The van der Waals surface area contributed by atoms with Gasteiger partial charge in [-0.25, -0.2) is 0 Å². The molecule has 1 atom stereocenters. The first kappa shape index (κ1) is 15.4. The Morgan fingerprint density at radius 1 is 1.22 bits per heavy atom. The fourth-order valence-corrected chi connectivity index (χ4v) is 3.19. The van der Waals surface area contributed by atoms with Crippen molar-refractivity contribution in [3.8, 4) is 0 Å². The Kier molecular flexibility index (Phi) is 4.52. The molecule has 0 heterocycles. The molecule has 118 valence electrons. The summed E-state index contributed by atoms with van der Waals surface area (Å²) in [4.78, 5) is 10.4. The van der Waals surface area contributed by atoms with Gasteiger partial charge in [0.25, 0.3) is 5.69 Å². The highest BCUT2D eigenvalue weighted by molar-refractivity contribution is 7.80. The second-order valence-corrected chi connectivity index (χ2v) is 5.96. The van der Waals surface area contributed by atoms with Crippen LogP contribution in [0.1, 0.15) is 30.0 Å². The maximum Gasteiger partial charge on any atom is 0.271 e. The number of nitro benzene ring substituents is 1. The number of nitrogens with one attached hydrogen (secondary N) is 2. The molecule has 0 saturated carbocycles. The fourth-order valence-electron chi connectivity index (χ4n) is 2.93. The van der Waals surface area contributed by atoms with E-state index >= 15 is 0 Å². The standard InChI is InChI=1S/C17H17N3O2S/c21-20(22)14-8-4-7-13(11-14)18-17(23)19-16-10-3-6-12-5-1-2-9-15(12)16/h1-2,4-5,7-9,11,16H,3,6,10H2,(H2,18,19,23). The minimum absolute atomic E-state index is 0.0424. The number of nitro groups is 1. The van der Waals surface area contributed by atoms with Gasteiger partial charge < -0.3 is 10.6 Å². The Hall–Kier alpha value is -2.47. The van der Waals surface area contributed by atoms with Crippen LogP contribution < -0.4 is 10.6 Å². The van der Waals surface area contributed by atoms with Crippen molar-refractivity contribution in [2.24, 2.45) is 0 Å². The summed E-state index contributed by atoms with van der Waals surface area (Å²) in [5.41, 5.74) is 3.29. The van der Waals surface area contributed by atoms with Gasteiger partial charge in [-0.3, -0.25) is 10.1 Å². The van der Waals surface area contributed by atoms with Gasteiger partial charge in [0.05, 0.1) is 11.0 Å². The van der Waals surface area contributed by atoms with Gasteiger partial charge in [-0.05, 0) is 48.7 Å². The van der Waals surface area contributed by atoms with Crippen LogP contribution in [0.2, 0.25) is 0 Å². The molecule has 3 rings (SSSR count). The van der Waals surface area contributed by atoms with E-state index < -0.39 is 4.92 Å². The van der Waals surface area contributed by atoms with Crippen LogP contribution in [0.25, 0.3) is 0 Å². The van der Waals surface area contributed by atoms with E-state index in [1.165, 1.54) is 23.3 Å². The Labute approximate surface area is 139 Å².